The van der Waals surface area contributed by atoms with E-state index in [4.69, 9.17) is 4.74 Å². The van der Waals surface area contributed by atoms with Crippen LogP contribution in [-0.4, -0.2) is 26.0 Å². The molecular formula is C8H15FO3. The van der Waals surface area contributed by atoms with Crippen LogP contribution in [0.1, 0.15) is 20.3 Å². The standard InChI is InChI=1S/C8H15FO3/c1-3-7(2)8(10)12-5-4-11-6-9/h7H,3-6H2,1-2H3. The minimum Gasteiger partial charge on any atom is -0.463 e. The van der Waals surface area contributed by atoms with Crippen LogP contribution in [0, 0.1) is 5.92 Å². The molecule has 0 bridgehead atoms. The monoisotopic (exact) mass is 178 g/mol. The van der Waals surface area contributed by atoms with Crippen molar-refractivity contribution in [2.45, 2.75) is 20.3 Å². The molecule has 1 unspecified atom stereocenters. The molecule has 0 rings (SSSR count). The zero-order chi connectivity index (χ0) is 9.40. The van der Waals surface area contributed by atoms with Crippen LogP contribution in [0.2, 0.25) is 0 Å². The van der Waals surface area contributed by atoms with Crippen molar-refractivity contribution in [3.8, 4) is 0 Å². The fourth-order valence-corrected chi connectivity index (χ4v) is 0.565. The Labute approximate surface area is 71.8 Å². The lowest BCUT2D eigenvalue weighted by atomic mass is 10.1. The Morgan fingerprint density at radius 3 is 2.67 bits per heavy atom. The van der Waals surface area contributed by atoms with Gasteiger partial charge in [0.1, 0.15) is 6.61 Å². The lowest BCUT2D eigenvalue weighted by molar-refractivity contribution is -0.150. The van der Waals surface area contributed by atoms with E-state index in [0.29, 0.717) is 0 Å². The van der Waals surface area contributed by atoms with Crippen LogP contribution in [0.25, 0.3) is 0 Å². The summed E-state index contributed by atoms with van der Waals surface area (Å²) in [5.41, 5.74) is 0. The lowest BCUT2D eigenvalue weighted by Gasteiger charge is -2.08. The van der Waals surface area contributed by atoms with Gasteiger partial charge in [-0.15, -0.1) is 0 Å². The van der Waals surface area contributed by atoms with Gasteiger partial charge >= 0.3 is 5.97 Å². The van der Waals surface area contributed by atoms with Crippen molar-refractivity contribution in [1.82, 2.24) is 0 Å². The van der Waals surface area contributed by atoms with Crippen molar-refractivity contribution in [3.63, 3.8) is 0 Å². The maximum atomic E-state index is 11.4. The molecule has 0 saturated carbocycles. The summed E-state index contributed by atoms with van der Waals surface area (Å²) in [6, 6.07) is 0. The Bertz CT molecular complexity index is 127. The Hall–Kier alpha value is -0.640. The molecule has 72 valence electrons. The molecule has 0 radical (unpaired) electrons. The molecule has 0 aromatic heterocycles. The lowest BCUT2D eigenvalue weighted by Crippen LogP contribution is -2.16. The van der Waals surface area contributed by atoms with E-state index in [1.165, 1.54) is 0 Å². The molecule has 0 aliphatic rings. The van der Waals surface area contributed by atoms with E-state index >= 15 is 0 Å². The smallest absolute Gasteiger partial charge is 0.308 e. The minimum atomic E-state index is -0.832. The maximum absolute atomic E-state index is 11.4. The van der Waals surface area contributed by atoms with Crippen molar-refractivity contribution in [3.05, 3.63) is 0 Å². The molecule has 12 heavy (non-hydrogen) atoms. The third-order valence-corrected chi connectivity index (χ3v) is 1.56. The van der Waals surface area contributed by atoms with E-state index in [2.05, 4.69) is 4.74 Å². The molecule has 0 heterocycles. The van der Waals surface area contributed by atoms with Gasteiger partial charge in [0, 0.05) is 0 Å². The van der Waals surface area contributed by atoms with E-state index in [9.17, 15) is 9.18 Å². The predicted octanol–water partition coefficient (Wildman–Crippen LogP) is 1.52. The molecule has 3 nitrogen and oxygen atoms in total. The number of carbonyl (C=O) groups excluding carboxylic acids is 1. The molecule has 1 atom stereocenters. The highest BCUT2D eigenvalue weighted by Crippen LogP contribution is 2.02. The van der Waals surface area contributed by atoms with Crippen LogP contribution in [-0.2, 0) is 14.3 Å². The second kappa shape index (κ2) is 7.03. The summed E-state index contributed by atoms with van der Waals surface area (Å²) in [6.07, 6.45) is 0.753. The SMILES string of the molecule is CCC(C)C(=O)OCCOCF. The van der Waals surface area contributed by atoms with E-state index in [0.717, 1.165) is 6.42 Å². The van der Waals surface area contributed by atoms with Crippen LogP contribution in [0.5, 0.6) is 0 Å². The molecule has 0 N–H and O–H groups in total. The number of esters is 1. The predicted molar refractivity (Wildman–Crippen MR) is 42.3 cm³/mol. The summed E-state index contributed by atoms with van der Waals surface area (Å²) in [4.78, 5) is 11.0. The summed E-state index contributed by atoms with van der Waals surface area (Å²) in [5.74, 6) is -0.338. The van der Waals surface area contributed by atoms with E-state index in [-0.39, 0.29) is 25.1 Å². The molecule has 0 aromatic rings. The van der Waals surface area contributed by atoms with E-state index < -0.39 is 6.86 Å². The molecule has 0 aliphatic carbocycles. The zero-order valence-corrected chi connectivity index (χ0v) is 7.51. The number of alkyl halides is 1. The summed E-state index contributed by atoms with van der Waals surface area (Å²) in [7, 11) is 0. The molecule has 0 amide bonds. The quantitative estimate of drug-likeness (QED) is 0.457. The molecule has 0 aliphatic heterocycles. The average molecular weight is 178 g/mol. The molecular weight excluding hydrogens is 163 g/mol. The van der Waals surface area contributed by atoms with Crippen LogP contribution >= 0.6 is 0 Å². The second-order valence-electron chi connectivity index (χ2n) is 2.49. The minimum absolute atomic E-state index is 0.0876. The Balaban J connectivity index is 3.31. The molecule has 0 aromatic carbocycles. The molecule has 0 spiro atoms. The van der Waals surface area contributed by atoms with Crippen molar-refractivity contribution in [2.24, 2.45) is 5.92 Å². The Morgan fingerprint density at radius 1 is 1.50 bits per heavy atom. The van der Waals surface area contributed by atoms with Crippen molar-refractivity contribution in [1.29, 1.82) is 0 Å². The number of hydrogen-bond acceptors (Lipinski definition) is 3. The van der Waals surface area contributed by atoms with Gasteiger partial charge in [-0.1, -0.05) is 13.8 Å². The van der Waals surface area contributed by atoms with E-state index in [1.54, 1.807) is 6.92 Å². The largest absolute Gasteiger partial charge is 0.463 e. The average Bonchev–Trinajstić information content (AvgIpc) is 2.10. The van der Waals surface area contributed by atoms with Gasteiger partial charge < -0.3 is 9.47 Å². The van der Waals surface area contributed by atoms with Gasteiger partial charge in [-0.2, -0.15) is 0 Å². The van der Waals surface area contributed by atoms with Crippen LogP contribution in [0.3, 0.4) is 0 Å². The van der Waals surface area contributed by atoms with E-state index in [1.807, 2.05) is 6.92 Å². The first-order chi connectivity index (χ1) is 5.72. The highest BCUT2D eigenvalue weighted by molar-refractivity contribution is 5.71. The first-order valence-corrected chi connectivity index (χ1v) is 4.02. The number of rotatable bonds is 6. The van der Waals surface area contributed by atoms with Crippen molar-refractivity contribution >= 4 is 5.97 Å². The van der Waals surface area contributed by atoms with Gasteiger partial charge in [0.15, 0.2) is 6.86 Å². The van der Waals surface area contributed by atoms with Crippen LogP contribution in [0.15, 0.2) is 0 Å². The van der Waals surface area contributed by atoms with Crippen LogP contribution in [0.4, 0.5) is 4.39 Å². The van der Waals surface area contributed by atoms with Crippen molar-refractivity contribution in [2.75, 3.05) is 20.1 Å². The fraction of sp³-hybridized carbons (Fsp3) is 0.875. The first-order valence-electron chi connectivity index (χ1n) is 4.02. The molecule has 4 heteroatoms. The number of hydrogen-bond donors (Lipinski definition) is 0. The Kier molecular flexibility index (Phi) is 6.66. The third-order valence-electron chi connectivity index (χ3n) is 1.56. The maximum Gasteiger partial charge on any atom is 0.308 e. The van der Waals surface area contributed by atoms with Crippen LogP contribution < -0.4 is 0 Å². The summed E-state index contributed by atoms with van der Waals surface area (Å²) < 4.78 is 20.5. The molecule has 0 saturated heterocycles. The summed E-state index contributed by atoms with van der Waals surface area (Å²) in [6.45, 7) is 3.12. The van der Waals surface area contributed by atoms with Gasteiger partial charge in [0.05, 0.1) is 12.5 Å². The second-order valence-corrected chi connectivity index (χ2v) is 2.49. The van der Waals surface area contributed by atoms with Gasteiger partial charge in [0.2, 0.25) is 0 Å². The highest BCUT2D eigenvalue weighted by Gasteiger charge is 2.10. The van der Waals surface area contributed by atoms with Gasteiger partial charge in [0.25, 0.3) is 0 Å². The number of carbonyl (C=O) groups is 1. The van der Waals surface area contributed by atoms with Gasteiger partial charge in [-0.25, -0.2) is 4.39 Å². The number of halogens is 1. The topological polar surface area (TPSA) is 35.5 Å². The van der Waals surface area contributed by atoms with Crippen molar-refractivity contribution < 1.29 is 18.7 Å². The first kappa shape index (κ1) is 11.4. The zero-order valence-electron chi connectivity index (χ0n) is 7.51. The normalized spacial score (nSPS) is 12.6. The van der Waals surface area contributed by atoms with Gasteiger partial charge in [-0.3, -0.25) is 4.79 Å². The fourth-order valence-electron chi connectivity index (χ4n) is 0.565. The third kappa shape index (κ3) is 5.07. The summed E-state index contributed by atoms with van der Waals surface area (Å²) in [5, 5.41) is 0. The molecule has 0 fully saturated rings. The Morgan fingerprint density at radius 2 is 2.17 bits per heavy atom. The highest BCUT2D eigenvalue weighted by atomic mass is 19.1. The number of ether oxygens (including phenoxy) is 2. The summed E-state index contributed by atoms with van der Waals surface area (Å²) >= 11 is 0. The van der Waals surface area contributed by atoms with Gasteiger partial charge in [-0.05, 0) is 6.42 Å².